The first-order valence-corrected chi connectivity index (χ1v) is 12.7. The molecule has 304 valence electrons. The maximum absolute atomic E-state index is 10.3. The minimum Gasteiger partial charge on any atom is -1.00 e. The minimum atomic E-state index is -2.74. The number of carboxylic acid groups (broad SMARTS) is 12. The zero-order valence-electron chi connectivity index (χ0n) is 31.1. The van der Waals surface area contributed by atoms with E-state index < -0.39 is 145 Å². The van der Waals surface area contributed by atoms with Crippen LogP contribution in [0.3, 0.4) is 0 Å². The Kier molecular flexibility index (Phi) is 31.6. The van der Waals surface area contributed by atoms with E-state index in [2.05, 4.69) is 0 Å². The molecule has 0 rings (SSSR count). The molecule has 0 spiro atoms. The molecule has 54 heavy (non-hydrogen) atoms. The molecule has 0 aromatic rings. The van der Waals surface area contributed by atoms with Crippen LogP contribution in [0.1, 0.15) is 57.1 Å². The standard InChI is InChI=1S/4C6H8O7.2Ca.4H/c4*7-3(8)1-6(13,5(11)12)2-4(9)10;;;;;;/h4*13H,1-2H2,(H,7,8)(H,9,10)(H,11,12);;;;;;/q;;;;2*+2;4*-1. The molecule has 0 saturated carbocycles. The van der Waals surface area contributed by atoms with Crippen molar-refractivity contribution in [1.29, 1.82) is 0 Å². The predicted octanol–water partition coefficient (Wildman–Crippen LogP) is -5.31. The molecular weight excluding hydrogens is 816 g/mol. The second-order valence-electron chi connectivity index (χ2n) is 9.91. The van der Waals surface area contributed by atoms with Gasteiger partial charge in [-0.3, -0.25) is 38.4 Å². The van der Waals surface area contributed by atoms with Crippen LogP contribution in [0.25, 0.3) is 0 Å². The van der Waals surface area contributed by atoms with Crippen molar-refractivity contribution in [2.45, 2.75) is 73.8 Å². The van der Waals surface area contributed by atoms with E-state index in [0.717, 1.165) is 0 Å². The Morgan fingerprint density at radius 3 is 0.370 bits per heavy atom. The van der Waals surface area contributed by atoms with E-state index in [1.54, 1.807) is 0 Å². The van der Waals surface area contributed by atoms with Crippen molar-refractivity contribution >= 4 is 147 Å². The van der Waals surface area contributed by atoms with Crippen molar-refractivity contribution in [2.75, 3.05) is 0 Å². The van der Waals surface area contributed by atoms with Gasteiger partial charge in [0.1, 0.15) is 0 Å². The quantitative estimate of drug-likeness (QED) is 0.0509. The van der Waals surface area contributed by atoms with Gasteiger partial charge in [-0.1, -0.05) is 0 Å². The molecule has 0 aliphatic rings. The van der Waals surface area contributed by atoms with E-state index in [4.69, 9.17) is 81.7 Å². The first kappa shape index (κ1) is 62.0. The summed E-state index contributed by atoms with van der Waals surface area (Å²) in [7, 11) is 0. The predicted molar refractivity (Wildman–Crippen MR) is 164 cm³/mol. The minimum absolute atomic E-state index is 0. The van der Waals surface area contributed by atoms with Gasteiger partial charge in [0.2, 0.25) is 0 Å². The molecule has 0 radical (unpaired) electrons. The van der Waals surface area contributed by atoms with Gasteiger partial charge in [-0.2, -0.15) is 0 Å². The average Bonchev–Trinajstić information content (AvgIpc) is 2.85. The fraction of sp³-hybridized carbons (Fsp3) is 0.500. The van der Waals surface area contributed by atoms with Crippen molar-refractivity contribution in [1.82, 2.24) is 0 Å². The van der Waals surface area contributed by atoms with Crippen molar-refractivity contribution in [3.63, 3.8) is 0 Å². The summed E-state index contributed by atoms with van der Waals surface area (Å²) in [6.07, 6.45) is -9.15. The van der Waals surface area contributed by atoms with Crippen LogP contribution < -0.4 is 0 Å². The van der Waals surface area contributed by atoms with Crippen LogP contribution in [-0.4, -0.2) is 251 Å². The summed E-state index contributed by atoms with van der Waals surface area (Å²) in [5.41, 5.74) is -11.0. The molecule has 0 aliphatic carbocycles. The Hall–Kier alpha value is -4.00. The van der Waals surface area contributed by atoms with E-state index in [-0.39, 0.29) is 81.2 Å². The Morgan fingerprint density at radius 2 is 0.333 bits per heavy atom. The molecule has 0 aromatic heterocycles. The van der Waals surface area contributed by atoms with Crippen LogP contribution in [0.2, 0.25) is 0 Å². The van der Waals surface area contributed by atoms with Gasteiger partial charge in [0.25, 0.3) is 0 Å². The third kappa shape index (κ3) is 29.5. The number of hydrogen-bond acceptors (Lipinski definition) is 16. The van der Waals surface area contributed by atoms with Crippen LogP contribution in [0.4, 0.5) is 0 Å². The molecule has 30 heteroatoms. The van der Waals surface area contributed by atoms with Gasteiger partial charge in [-0.15, -0.1) is 0 Å². The van der Waals surface area contributed by atoms with Gasteiger partial charge in [0.15, 0.2) is 22.4 Å². The summed E-state index contributed by atoms with van der Waals surface area (Å²) >= 11 is 0. The Balaban J connectivity index is -0.0000000640. The van der Waals surface area contributed by atoms with E-state index in [9.17, 15) is 57.5 Å². The van der Waals surface area contributed by atoms with Crippen LogP contribution in [0, 0.1) is 0 Å². The molecule has 16 N–H and O–H groups in total. The number of rotatable bonds is 20. The van der Waals surface area contributed by atoms with E-state index in [1.807, 2.05) is 0 Å². The zero-order valence-corrected chi connectivity index (χ0v) is 31.5. The van der Waals surface area contributed by atoms with Crippen molar-refractivity contribution in [3.8, 4) is 0 Å². The second kappa shape index (κ2) is 27.6. The SMILES string of the molecule is O=C(O)CC(O)(CC(=O)O)C(=O)O.O=C(O)CC(O)(CC(=O)O)C(=O)O.O=C(O)CC(O)(CC(=O)O)C(=O)O.O=C(O)CC(O)(CC(=O)O)C(=O)O.[Ca+2].[Ca+2].[H-].[H-].[H-].[H-]. The molecule has 0 aliphatic heterocycles. The maximum Gasteiger partial charge on any atom is 2.00 e. The molecule has 0 aromatic carbocycles. The summed E-state index contributed by atoms with van der Waals surface area (Å²) in [4.78, 5) is 122. The Morgan fingerprint density at radius 1 is 0.259 bits per heavy atom. The molecule has 0 amide bonds. The van der Waals surface area contributed by atoms with Gasteiger partial charge in [0, 0.05) is 0 Å². The average molecular weight is 853 g/mol. The molecule has 0 heterocycles. The fourth-order valence-electron chi connectivity index (χ4n) is 2.86. The molecule has 0 atom stereocenters. The van der Waals surface area contributed by atoms with Crippen molar-refractivity contribution in [3.05, 3.63) is 0 Å². The molecule has 0 saturated heterocycles. The summed E-state index contributed by atoms with van der Waals surface area (Å²) < 4.78 is 0. The third-order valence-electron chi connectivity index (χ3n) is 5.14. The van der Waals surface area contributed by atoms with E-state index in [0.29, 0.717) is 0 Å². The monoisotopic (exact) mass is 852 g/mol. The van der Waals surface area contributed by atoms with E-state index in [1.165, 1.54) is 0 Å². The van der Waals surface area contributed by atoms with Crippen LogP contribution in [0.5, 0.6) is 0 Å². The number of aliphatic carboxylic acids is 12. The van der Waals surface area contributed by atoms with Crippen LogP contribution in [0.15, 0.2) is 0 Å². The van der Waals surface area contributed by atoms with Gasteiger partial charge in [-0.25, -0.2) is 19.2 Å². The zero-order chi connectivity index (χ0) is 42.6. The molecule has 0 bridgehead atoms. The third-order valence-corrected chi connectivity index (χ3v) is 5.14. The first-order chi connectivity index (χ1) is 23.1. The molecule has 0 unspecified atom stereocenters. The molecule has 28 nitrogen and oxygen atoms in total. The topological polar surface area (TPSA) is 529 Å². The number of carboxylic acids is 12. The number of hydrogen-bond donors (Lipinski definition) is 16. The summed E-state index contributed by atoms with van der Waals surface area (Å²) in [5.74, 6) is -20.1. The van der Waals surface area contributed by atoms with Crippen LogP contribution >= 0.6 is 0 Å². The molecule has 0 fully saturated rings. The van der Waals surface area contributed by atoms with E-state index >= 15 is 0 Å². The van der Waals surface area contributed by atoms with Gasteiger partial charge >= 0.3 is 147 Å². The summed E-state index contributed by atoms with van der Waals surface area (Å²) in [6.45, 7) is 0. The summed E-state index contributed by atoms with van der Waals surface area (Å²) in [5, 5.41) is 135. The Bertz CT molecular complexity index is 1150. The number of aliphatic hydroxyl groups is 4. The van der Waals surface area contributed by atoms with Crippen molar-refractivity contribution in [2.24, 2.45) is 0 Å². The van der Waals surface area contributed by atoms with Crippen molar-refractivity contribution < 1.29 is 145 Å². The molecular formula is C24H36Ca2O28. The summed E-state index contributed by atoms with van der Waals surface area (Å²) in [6, 6.07) is 0. The maximum atomic E-state index is 10.3. The second-order valence-corrected chi connectivity index (χ2v) is 9.91. The first-order valence-electron chi connectivity index (χ1n) is 12.7. The smallest absolute Gasteiger partial charge is 1.00 e. The van der Waals surface area contributed by atoms with Gasteiger partial charge in [0.05, 0.1) is 51.4 Å². The van der Waals surface area contributed by atoms with Gasteiger partial charge < -0.3 is 87.4 Å². The Labute approximate surface area is 363 Å². The normalized spacial score (nSPS) is 10.4. The van der Waals surface area contributed by atoms with Crippen LogP contribution in [-0.2, 0) is 57.5 Å². The number of carbonyl (C=O) groups is 12. The largest absolute Gasteiger partial charge is 2.00 e. The van der Waals surface area contributed by atoms with Gasteiger partial charge in [-0.05, 0) is 0 Å². The fourth-order valence-corrected chi connectivity index (χ4v) is 2.86.